The minimum absolute atomic E-state index is 0.386. The molecule has 0 fully saturated rings. The third kappa shape index (κ3) is 2.69. The molecule has 5 N–H and O–H groups in total. The Hall–Kier alpha value is -3.71. The van der Waals surface area contributed by atoms with Gasteiger partial charge in [0, 0.05) is 17.6 Å². The maximum atomic E-state index is 5.93. The van der Waals surface area contributed by atoms with Crippen molar-refractivity contribution in [3.63, 3.8) is 0 Å². The summed E-state index contributed by atoms with van der Waals surface area (Å²) in [5.74, 6) is 0.386. The Labute approximate surface area is 161 Å². The molecule has 5 rings (SSSR count). The summed E-state index contributed by atoms with van der Waals surface area (Å²) in [5, 5.41) is 1.13. The molecule has 3 heterocycles. The zero-order chi connectivity index (χ0) is 19.1. The number of hydrogen-bond acceptors (Lipinski definition) is 5. The quantitative estimate of drug-likeness (QED) is 0.451. The van der Waals surface area contributed by atoms with Crippen molar-refractivity contribution >= 4 is 27.9 Å². The molecule has 0 aliphatic carbocycles. The van der Waals surface area contributed by atoms with E-state index in [2.05, 4.69) is 50.3 Å². The molecule has 28 heavy (non-hydrogen) atoms. The Morgan fingerprint density at radius 3 is 2.64 bits per heavy atom. The highest BCUT2D eigenvalue weighted by atomic mass is 15.1. The van der Waals surface area contributed by atoms with Gasteiger partial charge in [0.25, 0.3) is 0 Å². The zero-order valence-corrected chi connectivity index (χ0v) is 15.1. The summed E-state index contributed by atoms with van der Waals surface area (Å²) in [7, 11) is 0. The molecule has 0 saturated carbocycles. The van der Waals surface area contributed by atoms with Crippen molar-refractivity contribution in [2.24, 2.45) is 5.73 Å². The van der Waals surface area contributed by atoms with Gasteiger partial charge in [-0.1, -0.05) is 30.3 Å². The van der Waals surface area contributed by atoms with Crippen LogP contribution in [0.1, 0.15) is 11.3 Å². The van der Waals surface area contributed by atoms with Crippen LogP contribution in [0.5, 0.6) is 0 Å². The Bertz CT molecular complexity index is 1280. The highest BCUT2D eigenvalue weighted by molar-refractivity contribution is 5.89. The molecule has 5 aromatic rings. The molecule has 0 aliphatic heterocycles. The number of nitrogens with two attached hydrogens (primary N) is 2. The first-order chi connectivity index (χ1) is 13.7. The number of nitrogens with zero attached hydrogens (tertiary/aromatic N) is 4. The SMILES string of the molecule is NCc1cc2cc(-c3ccccc3)cc(Cn3cnc4c(N)ncnc43)c2[nH]1. The van der Waals surface area contributed by atoms with E-state index >= 15 is 0 Å². The van der Waals surface area contributed by atoms with Crippen molar-refractivity contribution in [2.75, 3.05) is 5.73 Å². The topological polar surface area (TPSA) is 111 Å². The molecule has 0 bridgehead atoms. The maximum Gasteiger partial charge on any atom is 0.165 e. The average Bonchev–Trinajstić information content (AvgIpc) is 3.33. The van der Waals surface area contributed by atoms with Crippen LogP contribution in [0, 0.1) is 0 Å². The van der Waals surface area contributed by atoms with Gasteiger partial charge in [-0.25, -0.2) is 15.0 Å². The number of hydrogen-bond donors (Lipinski definition) is 3. The molecule has 0 amide bonds. The second kappa shape index (κ2) is 6.47. The van der Waals surface area contributed by atoms with E-state index in [-0.39, 0.29) is 0 Å². The first kappa shape index (κ1) is 16.5. The van der Waals surface area contributed by atoms with Crippen LogP contribution in [-0.4, -0.2) is 24.5 Å². The van der Waals surface area contributed by atoms with Crippen molar-refractivity contribution in [3.05, 3.63) is 72.4 Å². The van der Waals surface area contributed by atoms with Gasteiger partial charge in [0.15, 0.2) is 11.5 Å². The smallest absolute Gasteiger partial charge is 0.165 e. The van der Waals surface area contributed by atoms with E-state index in [0.29, 0.717) is 24.4 Å². The lowest BCUT2D eigenvalue weighted by Crippen LogP contribution is -2.02. The normalized spacial score (nSPS) is 11.5. The molecule has 138 valence electrons. The van der Waals surface area contributed by atoms with Crippen LogP contribution in [0.2, 0.25) is 0 Å². The number of benzene rings is 2. The molecular formula is C21H19N7. The van der Waals surface area contributed by atoms with Gasteiger partial charge in [-0.2, -0.15) is 0 Å². The molecule has 2 aromatic carbocycles. The Morgan fingerprint density at radius 1 is 0.964 bits per heavy atom. The lowest BCUT2D eigenvalue weighted by Gasteiger charge is -2.10. The predicted octanol–water partition coefficient (Wildman–Crippen LogP) is 3.06. The molecule has 0 spiro atoms. The van der Waals surface area contributed by atoms with Crippen molar-refractivity contribution in [1.82, 2.24) is 24.5 Å². The van der Waals surface area contributed by atoms with E-state index < -0.39 is 0 Å². The lowest BCUT2D eigenvalue weighted by molar-refractivity contribution is 0.817. The number of anilines is 1. The molecule has 0 saturated heterocycles. The number of H-pyrrole nitrogens is 1. The van der Waals surface area contributed by atoms with Crippen molar-refractivity contribution in [3.8, 4) is 11.1 Å². The first-order valence-electron chi connectivity index (χ1n) is 9.04. The fourth-order valence-electron chi connectivity index (χ4n) is 3.61. The number of aromatic nitrogens is 5. The van der Waals surface area contributed by atoms with Crippen LogP contribution >= 0.6 is 0 Å². The molecule has 3 aromatic heterocycles. The summed E-state index contributed by atoms with van der Waals surface area (Å²) in [6.45, 7) is 1.07. The van der Waals surface area contributed by atoms with Crippen molar-refractivity contribution in [1.29, 1.82) is 0 Å². The van der Waals surface area contributed by atoms with Crippen molar-refractivity contribution in [2.45, 2.75) is 13.1 Å². The second-order valence-corrected chi connectivity index (χ2v) is 6.77. The number of imidazole rings is 1. The highest BCUT2D eigenvalue weighted by Crippen LogP contribution is 2.29. The highest BCUT2D eigenvalue weighted by Gasteiger charge is 2.13. The third-order valence-corrected chi connectivity index (χ3v) is 4.96. The molecule has 7 nitrogen and oxygen atoms in total. The van der Waals surface area contributed by atoms with Crippen molar-refractivity contribution < 1.29 is 0 Å². The minimum Gasteiger partial charge on any atom is -0.382 e. The largest absolute Gasteiger partial charge is 0.382 e. The summed E-state index contributed by atoms with van der Waals surface area (Å²) in [6, 6.07) is 16.8. The van der Waals surface area contributed by atoms with Gasteiger partial charge >= 0.3 is 0 Å². The van der Waals surface area contributed by atoms with Crippen LogP contribution in [-0.2, 0) is 13.1 Å². The first-order valence-corrected chi connectivity index (χ1v) is 9.04. The molecule has 7 heteroatoms. The van der Waals surface area contributed by atoms with Crippen LogP contribution in [0.3, 0.4) is 0 Å². The molecular weight excluding hydrogens is 350 g/mol. The molecule has 0 unspecified atom stereocenters. The Kier molecular flexibility index (Phi) is 3.80. The van der Waals surface area contributed by atoms with Gasteiger partial charge in [0.1, 0.15) is 11.8 Å². The number of aromatic amines is 1. The second-order valence-electron chi connectivity index (χ2n) is 6.77. The summed E-state index contributed by atoms with van der Waals surface area (Å²) in [4.78, 5) is 16.2. The number of rotatable bonds is 4. The molecule has 0 atom stereocenters. The van der Waals surface area contributed by atoms with E-state index in [1.165, 1.54) is 11.9 Å². The number of nitrogen functional groups attached to an aromatic ring is 1. The van der Waals surface area contributed by atoms with E-state index in [1.54, 1.807) is 6.33 Å². The summed E-state index contributed by atoms with van der Waals surface area (Å²) in [6.07, 6.45) is 3.22. The minimum atomic E-state index is 0.386. The maximum absolute atomic E-state index is 5.93. The Morgan fingerprint density at radius 2 is 1.82 bits per heavy atom. The standard InChI is InChI=1S/C21H19N7/c22-9-17-8-15-6-14(13-4-2-1-3-5-13)7-16(18(15)27-17)10-28-12-26-19-20(23)24-11-25-21(19)28/h1-8,11-12,27H,9-10,22H2,(H2,23,24,25). The van der Waals surface area contributed by atoms with Crippen LogP contribution < -0.4 is 11.5 Å². The van der Waals surface area contributed by atoms with E-state index in [4.69, 9.17) is 11.5 Å². The predicted molar refractivity (Wildman–Crippen MR) is 110 cm³/mol. The van der Waals surface area contributed by atoms with E-state index in [9.17, 15) is 0 Å². The third-order valence-electron chi connectivity index (χ3n) is 4.96. The number of fused-ring (bicyclic) bond motifs is 2. The average molecular weight is 369 g/mol. The van der Waals surface area contributed by atoms with E-state index in [1.807, 2.05) is 22.8 Å². The summed E-state index contributed by atoms with van der Waals surface area (Å²) >= 11 is 0. The lowest BCUT2D eigenvalue weighted by atomic mass is 10.0. The summed E-state index contributed by atoms with van der Waals surface area (Å²) < 4.78 is 1.99. The van der Waals surface area contributed by atoms with Gasteiger partial charge in [-0.3, -0.25) is 0 Å². The Balaban J connectivity index is 1.68. The van der Waals surface area contributed by atoms with Crippen LogP contribution in [0.15, 0.2) is 61.2 Å². The number of nitrogens with one attached hydrogen (secondary N) is 1. The molecule has 0 radical (unpaired) electrons. The van der Waals surface area contributed by atoms with Crippen LogP contribution in [0.4, 0.5) is 5.82 Å². The fraction of sp³-hybridized carbons (Fsp3) is 0.0952. The summed E-state index contributed by atoms with van der Waals surface area (Å²) in [5.41, 5.74) is 18.7. The van der Waals surface area contributed by atoms with Gasteiger partial charge in [0.05, 0.1) is 18.4 Å². The molecule has 0 aliphatic rings. The van der Waals surface area contributed by atoms with Gasteiger partial charge < -0.3 is 21.0 Å². The fourth-order valence-corrected chi connectivity index (χ4v) is 3.61. The van der Waals surface area contributed by atoms with E-state index in [0.717, 1.165) is 33.4 Å². The van der Waals surface area contributed by atoms with Gasteiger partial charge in [0.2, 0.25) is 0 Å². The van der Waals surface area contributed by atoms with Gasteiger partial charge in [-0.15, -0.1) is 0 Å². The van der Waals surface area contributed by atoms with Crippen LogP contribution in [0.25, 0.3) is 33.2 Å². The van der Waals surface area contributed by atoms with Gasteiger partial charge in [-0.05, 0) is 34.9 Å². The zero-order valence-electron chi connectivity index (χ0n) is 15.1. The monoisotopic (exact) mass is 369 g/mol.